The molecular weight excluding hydrogens is 460 g/mol. The molecule has 3 heterocycles. The van der Waals surface area contributed by atoms with Crippen LogP contribution in [-0.4, -0.2) is 56.7 Å². The van der Waals surface area contributed by atoms with E-state index in [0.717, 1.165) is 65.6 Å². The summed E-state index contributed by atoms with van der Waals surface area (Å²) < 4.78 is 1.93. The Morgan fingerprint density at radius 2 is 1.68 bits per heavy atom. The van der Waals surface area contributed by atoms with Crippen LogP contribution >= 0.6 is 0 Å². The molecule has 2 aromatic carbocycles. The molecule has 5 rings (SSSR count). The van der Waals surface area contributed by atoms with E-state index in [9.17, 15) is 4.79 Å². The monoisotopic (exact) mass is 494 g/mol. The Labute approximate surface area is 218 Å². The molecule has 37 heavy (non-hydrogen) atoms. The summed E-state index contributed by atoms with van der Waals surface area (Å²) in [4.78, 5) is 27.2. The van der Waals surface area contributed by atoms with E-state index in [1.54, 1.807) is 6.08 Å². The fourth-order valence-electron chi connectivity index (χ4n) is 4.83. The Morgan fingerprint density at radius 3 is 2.41 bits per heavy atom. The van der Waals surface area contributed by atoms with Gasteiger partial charge in [-0.15, -0.1) is 0 Å². The van der Waals surface area contributed by atoms with Gasteiger partial charge in [-0.1, -0.05) is 62.4 Å². The summed E-state index contributed by atoms with van der Waals surface area (Å²) in [6, 6.07) is 20.1. The summed E-state index contributed by atoms with van der Waals surface area (Å²) in [6.07, 6.45) is 5.24. The molecular formula is C30H34N6O. The van der Waals surface area contributed by atoms with Crippen LogP contribution in [-0.2, 0) is 11.2 Å². The molecule has 7 heteroatoms. The van der Waals surface area contributed by atoms with Crippen molar-refractivity contribution in [2.75, 3.05) is 31.1 Å². The first-order valence-corrected chi connectivity index (χ1v) is 13.1. The molecule has 0 bridgehead atoms. The lowest BCUT2D eigenvalue weighted by Crippen LogP contribution is -2.34. The SMILES string of the molecule is Cc1nn(-c2ccccc2)c2nc(CC(C)C)nc(N3CCCN(C(=O)/C=C/c4ccccc4)CC3)c12. The van der Waals surface area contributed by atoms with Gasteiger partial charge < -0.3 is 9.80 Å². The summed E-state index contributed by atoms with van der Waals surface area (Å²) in [5.41, 5.74) is 3.76. The average Bonchev–Trinajstić information content (AvgIpc) is 3.07. The third-order valence-corrected chi connectivity index (χ3v) is 6.65. The van der Waals surface area contributed by atoms with Crippen molar-refractivity contribution in [2.24, 2.45) is 5.92 Å². The quantitative estimate of drug-likeness (QED) is 0.350. The second-order valence-corrected chi connectivity index (χ2v) is 10.0. The van der Waals surface area contributed by atoms with Crippen LogP contribution in [0.5, 0.6) is 0 Å². The second kappa shape index (κ2) is 10.9. The molecule has 1 aliphatic heterocycles. The van der Waals surface area contributed by atoms with Gasteiger partial charge in [-0.25, -0.2) is 14.6 Å². The van der Waals surface area contributed by atoms with Crippen molar-refractivity contribution in [1.82, 2.24) is 24.6 Å². The maximum absolute atomic E-state index is 13.0. The van der Waals surface area contributed by atoms with Crippen LogP contribution in [0.4, 0.5) is 5.82 Å². The molecule has 0 radical (unpaired) electrons. The normalized spacial score (nSPS) is 14.6. The van der Waals surface area contributed by atoms with Crippen molar-refractivity contribution in [3.05, 3.63) is 83.8 Å². The van der Waals surface area contributed by atoms with Crippen molar-refractivity contribution < 1.29 is 4.79 Å². The van der Waals surface area contributed by atoms with Gasteiger partial charge >= 0.3 is 0 Å². The average molecular weight is 495 g/mol. The van der Waals surface area contributed by atoms with E-state index < -0.39 is 0 Å². The lowest BCUT2D eigenvalue weighted by molar-refractivity contribution is -0.125. The lowest BCUT2D eigenvalue weighted by atomic mass is 10.1. The first-order valence-electron chi connectivity index (χ1n) is 13.1. The van der Waals surface area contributed by atoms with Crippen LogP contribution in [0.2, 0.25) is 0 Å². The fraction of sp³-hybridized carbons (Fsp3) is 0.333. The molecule has 2 aromatic heterocycles. The smallest absolute Gasteiger partial charge is 0.246 e. The first kappa shape index (κ1) is 24.7. The minimum absolute atomic E-state index is 0.0483. The predicted molar refractivity (Wildman–Crippen MR) is 149 cm³/mol. The van der Waals surface area contributed by atoms with Crippen molar-refractivity contribution in [3.8, 4) is 5.69 Å². The maximum Gasteiger partial charge on any atom is 0.246 e. The zero-order valence-corrected chi connectivity index (χ0v) is 21.8. The van der Waals surface area contributed by atoms with E-state index >= 15 is 0 Å². The molecule has 0 atom stereocenters. The zero-order chi connectivity index (χ0) is 25.8. The fourth-order valence-corrected chi connectivity index (χ4v) is 4.83. The number of rotatable bonds is 6. The van der Waals surface area contributed by atoms with E-state index in [1.807, 2.05) is 83.2 Å². The number of hydrogen-bond acceptors (Lipinski definition) is 5. The predicted octanol–water partition coefficient (Wildman–Crippen LogP) is 5.07. The molecule has 4 aromatic rings. The minimum atomic E-state index is 0.0483. The van der Waals surface area contributed by atoms with E-state index in [2.05, 4.69) is 18.7 Å². The van der Waals surface area contributed by atoms with Crippen molar-refractivity contribution in [3.63, 3.8) is 0 Å². The zero-order valence-electron chi connectivity index (χ0n) is 21.8. The number of fused-ring (bicyclic) bond motifs is 1. The molecule has 7 nitrogen and oxygen atoms in total. The number of amides is 1. The lowest BCUT2D eigenvalue weighted by Gasteiger charge is -2.24. The van der Waals surface area contributed by atoms with Gasteiger partial charge in [0, 0.05) is 38.7 Å². The van der Waals surface area contributed by atoms with E-state index in [1.165, 1.54) is 0 Å². The Bertz CT molecular complexity index is 1390. The largest absolute Gasteiger partial charge is 0.354 e. The highest BCUT2D eigenvalue weighted by molar-refractivity contribution is 5.92. The van der Waals surface area contributed by atoms with Gasteiger partial charge in [-0.2, -0.15) is 5.10 Å². The standard InChI is InChI=1S/C30H34N6O/c1-22(2)21-26-31-29(28-23(3)33-36(30(28)32-26)25-13-8-5-9-14-25)35-18-10-17-34(19-20-35)27(37)16-15-24-11-6-4-7-12-24/h4-9,11-16,22H,10,17-21H2,1-3H3/b16-15+. The third-order valence-electron chi connectivity index (χ3n) is 6.65. The molecule has 1 amide bonds. The maximum atomic E-state index is 13.0. The number of nitrogens with zero attached hydrogens (tertiary/aromatic N) is 6. The van der Waals surface area contributed by atoms with Gasteiger partial charge in [0.1, 0.15) is 11.6 Å². The Hall–Kier alpha value is -4.00. The highest BCUT2D eigenvalue weighted by Gasteiger charge is 2.24. The van der Waals surface area contributed by atoms with Crippen molar-refractivity contribution >= 4 is 28.8 Å². The number of carbonyl (C=O) groups is 1. The third kappa shape index (κ3) is 5.56. The second-order valence-electron chi connectivity index (χ2n) is 10.0. The highest BCUT2D eigenvalue weighted by atomic mass is 16.2. The van der Waals surface area contributed by atoms with E-state index in [-0.39, 0.29) is 5.91 Å². The number of benzene rings is 2. The van der Waals surface area contributed by atoms with Crippen molar-refractivity contribution in [2.45, 2.75) is 33.6 Å². The van der Waals surface area contributed by atoms with Crippen LogP contribution in [0.1, 0.15) is 37.4 Å². The van der Waals surface area contributed by atoms with E-state index in [4.69, 9.17) is 15.1 Å². The molecule has 1 aliphatic rings. The van der Waals surface area contributed by atoms with Crippen LogP contribution in [0.3, 0.4) is 0 Å². The van der Waals surface area contributed by atoms with Crippen LogP contribution in [0, 0.1) is 12.8 Å². The minimum Gasteiger partial charge on any atom is -0.354 e. The van der Waals surface area contributed by atoms with Gasteiger partial charge in [0.2, 0.25) is 5.91 Å². The number of para-hydroxylation sites is 1. The topological polar surface area (TPSA) is 67.2 Å². The molecule has 190 valence electrons. The first-order chi connectivity index (χ1) is 18.0. The molecule has 0 spiro atoms. The van der Waals surface area contributed by atoms with Gasteiger partial charge in [-0.05, 0) is 43.0 Å². The van der Waals surface area contributed by atoms with Crippen LogP contribution < -0.4 is 4.90 Å². The molecule has 0 saturated carbocycles. The Morgan fingerprint density at radius 1 is 0.946 bits per heavy atom. The van der Waals surface area contributed by atoms with Gasteiger partial charge in [-0.3, -0.25) is 4.79 Å². The van der Waals surface area contributed by atoms with Crippen LogP contribution in [0.25, 0.3) is 22.8 Å². The summed E-state index contributed by atoms with van der Waals surface area (Å²) >= 11 is 0. The summed E-state index contributed by atoms with van der Waals surface area (Å²) in [5.74, 6) is 2.24. The van der Waals surface area contributed by atoms with Crippen LogP contribution in [0.15, 0.2) is 66.7 Å². The van der Waals surface area contributed by atoms with Gasteiger partial charge in [0.05, 0.1) is 16.8 Å². The van der Waals surface area contributed by atoms with Gasteiger partial charge in [0.25, 0.3) is 0 Å². The number of carbonyl (C=O) groups excluding carboxylic acids is 1. The molecule has 0 N–H and O–H groups in total. The molecule has 1 fully saturated rings. The molecule has 0 unspecified atom stereocenters. The molecule has 0 aliphatic carbocycles. The number of aromatic nitrogens is 4. The number of hydrogen-bond donors (Lipinski definition) is 0. The van der Waals surface area contributed by atoms with E-state index in [0.29, 0.717) is 19.0 Å². The Balaban J connectivity index is 1.44. The summed E-state index contributed by atoms with van der Waals surface area (Å²) in [5, 5.41) is 5.86. The summed E-state index contributed by atoms with van der Waals surface area (Å²) in [7, 11) is 0. The Kier molecular flexibility index (Phi) is 7.30. The molecule has 1 saturated heterocycles. The van der Waals surface area contributed by atoms with Gasteiger partial charge in [0.15, 0.2) is 5.65 Å². The summed E-state index contributed by atoms with van der Waals surface area (Å²) in [6.45, 7) is 9.32. The number of aryl methyl sites for hydroxylation is 1. The van der Waals surface area contributed by atoms with Crippen molar-refractivity contribution in [1.29, 1.82) is 0 Å². The highest BCUT2D eigenvalue weighted by Crippen LogP contribution is 2.30. The number of anilines is 1.